The second kappa shape index (κ2) is 5.20. The zero-order chi connectivity index (χ0) is 15.1. The first-order valence-electron chi connectivity index (χ1n) is 6.77. The molecular weight excluding hydrogens is 289 g/mol. The quantitative estimate of drug-likeness (QED) is 0.805. The fourth-order valence-corrected chi connectivity index (χ4v) is 3.12. The van der Waals surface area contributed by atoms with Gasteiger partial charge in [-0.2, -0.15) is 5.10 Å². The Hall–Kier alpha value is -1.79. The number of aliphatic hydroxyl groups is 1. The van der Waals surface area contributed by atoms with Gasteiger partial charge in [-0.3, -0.25) is 0 Å². The molecule has 0 bridgehead atoms. The van der Waals surface area contributed by atoms with Gasteiger partial charge in [0.25, 0.3) is 0 Å². The van der Waals surface area contributed by atoms with Crippen LogP contribution in [0.25, 0.3) is 16.2 Å². The number of nitrogens with zero attached hydrogens (tertiary/aromatic N) is 3. The minimum Gasteiger partial charge on any atom is -0.390 e. The van der Waals surface area contributed by atoms with Gasteiger partial charge in [0.1, 0.15) is 10.8 Å². The van der Waals surface area contributed by atoms with Gasteiger partial charge in [-0.1, -0.05) is 25.2 Å². The molecule has 0 saturated heterocycles. The van der Waals surface area contributed by atoms with E-state index < -0.39 is 0 Å². The lowest BCUT2D eigenvalue weighted by Gasteiger charge is -2.03. The van der Waals surface area contributed by atoms with Crippen molar-refractivity contribution in [3.8, 4) is 11.3 Å². The van der Waals surface area contributed by atoms with Crippen molar-refractivity contribution in [1.29, 1.82) is 0 Å². The van der Waals surface area contributed by atoms with Gasteiger partial charge < -0.3 is 5.11 Å². The monoisotopic (exact) mass is 305 g/mol. The van der Waals surface area contributed by atoms with Crippen LogP contribution in [0, 0.1) is 12.7 Å². The molecule has 4 nitrogen and oxygen atoms in total. The van der Waals surface area contributed by atoms with Gasteiger partial charge in [-0.25, -0.2) is 13.9 Å². The molecule has 2 heterocycles. The molecule has 0 spiro atoms. The summed E-state index contributed by atoms with van der Waals surface area (Å²) in [4.78, 5) is 5.31. The van der Waals surface area contributed by atoms with E-state index in [1.165, 1.54) is 17.4 Å². The maximum absolute atomic E-state index is 13.4. The summed E-state index contributed by atoms with van der Waals surface area (Å²) in [5, 5.41) is 15.2. The molecule has 0 aliphatic rings. The number of hydrogen-bond donors (Lipinski definition) is 1. The third kappa shape index (κ3) is 2.34. The van der Waals surface area contributed by atoms with Crippen LogP contribution in [0.3, 0.4) is 0 Å². The first-order valence-corrected chi connectivity index (χ1v) is 7.58. The number of fused-ring (bicyclic) bond motifs is 1. The standard InChI is InChI=1S/C15H16FN3OS/c1-8(2)14-18-19-12(7-20)13(17-15(19)21-14)10-4-5-11(16)9(3)6-10/h4-6,8,20H,7H2,1-3H3. The molecular formula is C15H16FN3OS. The van der Waals surface area contributed by atoms with Gasteiger partial charge in [0, 0.05) is 11.5 Å². The predicted octanol–water partition coefficient (Wildman–Crippen LogP) is 3.52. The second-order valence-corrected chi connectivity index (χ2v) is 6.31. The minimum atomic E-state index is -0.245. The summed E-state index contributed by atoms with van der Waals surface area (Å²) in [6, 6.07) is 4.84. The number of halogens is 1. The summed E-state index contributed by atoms with van der Waals surface area (Å²) >= 11 is 1.51. The van der Waals surface area contributed by atoms with E-state index in [1.807, 2.05) is 0 Å². The topological polar surface area (TPSA) is 50.4 Å². The Balaban J connectivity index is 2.18. The highest BCUT2D eigenvalue weighted by atomic mass is 32.1. The Morgan fingerprint density at radius 3 is 2.76 bits per heavy atom. The Morgan fingerprint density at radius 2 is 2.14 bits per heavy atom. The fourth-order valence-electron chi connectivity index (χ4n) is 2.20. The molecule has 3 rings (SSSR count). The first kappa shape index (κ1) is 14.2. The molecule has 0 unspecified atom stereocenters. The molecule has 2 aromatic heterocycles. The van der Waals surface area contributed by atoms with E-state index in [-0.39, 0.29) is 12.4 Å². The molecule has 6 heteroatoms. The van der Waals surface area contributed by atoms with Crippen molar-refractivity contribution in [3.63, 3.8) is 0 Å². The Kier molecular flexibility index (Phi) is 3.51. The summed E-state index contributed by atoms with van der Waals surface area (Å²) in [5.41, 5.74) is 2.65. The minimum absolute atomic E-state index is 0.159. The van der Waals surface area contributed by atoms with E-state index in [1.54, 1.807) is 23.6 Å². The van der Waals surface area contributed by atoms with Gasteiger partial charge in [0.15, 0.2) is 0 Å². The highest BCUT2D eigenvalue weighted by molar-refractivity contribution is 7.16. The summed E-state index contributed by atoms with van der Waals surface area (Å²) in [6.45, 7) is 5.70. The van der Waals surface area contributed by atoms with Gasteiger partial charge in [0.05, 0.1) is 18.0 Å². The van der Waals surface area contributed by atoms with E-state index in [0.717, 1.165) is 15.5 Å². The predicted molar refractivity (Wildman–Crippen MR) is 81.0 cm³/mol. The Labute approximate surface area is 125 Å². The van der Waals surface area contributed by atoms with Crippen LogP contribution in [0.2, 0.25) is 0 Å². The van der Waals surface area contributed by atoms with Crippen molar-refractivity contribution >= 4 is 16.3 Å². The zero-order valence-corrected chi connectivity index (χ0v) is 12.9. The molecule has 21 heavy (non-hydrogen) atoms. The van der Waals surface area contributed by atoms with E-state index in [0.29, 0.717) is 22.9 Å². The van der Waals surface area contributed by atoms with Crippen LogP contribution in [0.4, 0.5) is 4.39 Å². The molecule has 0 saturated carbocycles. The van der Waals surface area contributed by atoms with Crippen molar-refractivity contribution < 1.29 is 9.50 Å². The van der Waals surface area contributed by atoms with Crippen LogP contribution in [-0.4, -0.2) is 19.7 Å². The molecule has 0 atom stereocenters. The van der Waals surface area contributed by atoms with E-state index in [2.05, 4.69) is 23.9 Å². The maximum atomic E-state index is 13.4. The second-order valence-electron chi connectivity index (χ2n) is 5.32. The fraction of sp³-hybridized carbons (Fsp3) is 0.333. The largest absolute Gasteiger partial charge is 0.390 e. The van der Waals surface area contributed by atoms with Crippen LogP contribution >= 0.6 is 11.3 Å². The Bertz CT molecular complexity index is 807. The average molecular weight is 305 g/mol. The lowest BCUT2D eigenvalue weighted by Crippen LogP contribution is -1.97. The molecule has 0 fully saturated rings. The lowest BCUT2D eigenvalue weighted by molar-refractivity contribution is 0.275. The van der Waals surface area contributed by atoms with Crippen LogP contribution in [0.1, 0.15) is 36.0 Å². The first-order chi connectivity index (χ1) is 10.0. The molecule has 110 valence electrons. The molecule has 0 amide bonds. The number of rotatable bonds is 3. The summed E-state index contributed by atoms with van der Waals surface area (Å²) in [5.74, 6) is 0.0743. The number of benzene rings is 1. The van der Waals surface area contributed by atoms with Crippen LogP contribution in [0.15, 0.2) is 18.2 Å². The van der Waals surface area contributed by atoms with E-state index >= 15 is 0 Å². The zero-order valence-electron chi connectivity index (χ0n) is 12.1. The van der Waals surface area contributed by atoms with Crippen molar-refractivity contribution in [3.05, 3.63) is 40.3 Å². The summed E-state index contributed by atoms with van der Waals surface area (Å²) < 4.78 is 15.1. The number of imidazole rings is 1. The Morgan fingerprint density at radius 1 is 1.38 bits per heavy atom. The molecule has 0 aliphatic carbocycles. The van der Waals surface area contributed by atoms with Crippen LogP contribution in [-0.2, 0) is 6.61 Å². The van der Waals surface area contributed by atoms with Gasteiger partial charge in [-0.15, -0.1) is 0 Å². The lowest BCUT2D eigenvalue weighted by atomic mass is 10.1. The van der Waals surface area contributed by atoms with Gasteiger partial charge >= 0.3 is 0 Å². The van der Waals surface area contributed by atoms with Gasteiger partial charge in [-0.05, 0) is 30.7 Å². The summed E-state index contributed by atoms with van der Waals surface area (Å²) in [6.07, 6.45) is 0. The molecule has 0 radical (unpaired) electrons. The highest BCUT2D eigenvalue weighted by Gasteiger charge is 2.18. The smallest absolute Gasteiger partial charge is 0.213 e. The van der Waals surface area contributed by atoms with E-state index in [9.17, 15) is 9.50 Å². The number of aromatic nitrogens is 3. The maximum Gasteiger partial charge on any atom is 0.213 e. The van der Waals surface area contributed by atoms with Crippen molar-refractivity contribution in [2.45, 2.75) is 33.3 Å². The average Bonchev–Trinajstić information content (AvgIpc) is 2.98. The molecule has 1 aromatic carbocycles. The van der Waals surface area contributed by atoms with Crippen LogP contribution < -0.4 is 0 Å². The normalized spacial score (nSPS) is 11.7. The third-order valence-electron chi connectivity index (χ3n) is 3.39. The number of aliphatic hydroxyl groups excluding tert-OH is 1. The SMILES string of the molecule is Cc1cc(-c2nc3sc(C(C)C)nn3c2CO)ccc1F. The number of hydrogen-bond acceptors (Lipinski definition) is 4. The van der Waals surface area contributed by atoms with Crippen LogP contribution in [0.5, 0.6) is 0 Å². The number of aryl methyl sites for hydroxylation is 1. The van der Waals surface area contributed by atoms with Gasteiger partial charge in [0.2, 0.25) is 4.96 Å². The molecule has 1 N–H and O–H groups in total. The summed E-state index contributed by atoms with van der Waals surface area (Å²) in [7, 11) is 0. The third-order valence-corrected chi connectivity index (χ3v) is 4.60. The highest BCUT2D eigenvalue weighted by Crippen LogP contribution is 2.30. The van der Waals surface area contributed by atoms with E-state index in [4.69, 9.17) is 0 Å². The molecule has 0 aliphatic heterocycles. The molecule has 3 aromatic rings. The van der Waals surface area contributed by atoms with Crippen molar-refractivity contribution in [2.75, 3.05) is 0 Å². The van der Waals surface area contributed by atoms with Crippen molar-refractivity contribution in [2.24, 2.45) is 0 Å². The van der Waals surface area contributed by atoms with Crippen molar-refractivity contribution in [1.82, 2.24) is 14.6 Å².